The summed E-state index contributed by atoms with van der Waals surface area (Å²) < 4.78 is 20.5. The lowest BCUT2D eigenvalue weighted by atomic mass is 9.72. The van der Waals surface area contributed by atoms with E-state index in [0.717, 1.165) is 37.8 Å². The number of methoxy groups -OCH3 is 1. The van der Waals surface area contributed by atoms with E-state index in [9.17, 15) is 9.90 Å². The Bertz CT molecular complexity index is 939. The number of nitrogens with one attached hydrogen (secondary N) is 1. The molecule has 2 N–H and O–H groups in total. The van der Waals surface area contributed by atoms with Gasteiger partial charge >= 0.3 is 0 Å². The summed E-state index contributed by atoms with van der Waals surface area (Å²) in [6.45, 7) is 4.66. The van der Waals surface area contributed by atoms with Gasteiger partial charge < -0.3 is 20.1 Å². The highest BCUT2D eigenvalue weighted by Gasteiger charge is 2.43. The number of carbonyl (C=O) groups is 1. The van der Waals surface area contributed by atoms with Crippen LogP contribution < -0.4 is 5.32 Å². The van der Waals surface area contributed by atoms with E-state index in [1.165, 1.54) is 6.07 Å². The molecule has 35 heavy (non-hydrogen) atoms. The fraction of sp³-hybridized carbons (Fsp3) is 0.552. The Morgan fingerprint density at radius 1 is 1.23 bits per heavy atom. The number of likely N-dealkylation sites (tertiary alicyclic amines) is 1. The number of aliphatic hydroxyl groups is 1. The highest BCUT2D eigenvalue weighted by Crippen LogP contribution is 2.44. The Kier molecular flexibility index (Phi) is 10.3. The van der Waals surface area contributed by atoms with E-state index in [0.29, 0.717) is 43.7 Å². The van der Waals surface area contributed by atoms with E-state index in [-0.39, 0.29) is 23.6 Å². The van der Waals surface area contributed by atoms with Crippen molar-refractivity contribution >= 4 is 5.91 Å². The first-order valence-corrected chi connectivity index (χ1v) is 12.9. The quantitative estimate of drug-likeness (QED) is 0.417. The monoisotopic (exact) mass is 484 g/mol. The van der Waals surface area contributed by atoms with Crippen molar-refractivity contribution in [1.29, 1.82) is 0 Å². The van der Waals surface area contributed by atoms with E-state index >= 15 is 4.39 Å². The third-order valence-electron chi connectivity index (χ3n) is 7.22. The zero-order valence-electron chi connectivity index (χ0n) is 21.4. The average Bonchev–Trinajstić information content (AvgIpc) is 2.87. The highest BCUT2D eigenvalue weighted by atomic mass is 19.1. The standard InChI is InChI=1S/C29H41FN2O3/c1-22(20-31-2)19-27(33)32-17-10-13-24(21-32)29(34,16-7-8-18-35-3)25-14-9-15-26(30)28(25)23-11-5-4-6-12-23/h4-6,9,11-12,14-15,22,24,31,34H,7-8,10,13,16-21H2,1-3H3/t22-,24-,29+/m1/s1. The second-order valence-corrected chi connectivity index (χ2v) is 9.95. The van der Waals surface area contributed by atoms with Crippen molar-refractivity contribution in [2.75, 3.05) is 40.4 Å². The van der Waals surface area contributed by atoms with Crippen LogP contribution in [0.3, 0.4) is 0 Å². The van der Waals surface area contributed by atoms with Gasteiger partial charge in [-0.3, -0.25) is 4.79 Å². The number of amides is 1. The van der Waals surface area contributed by atoms with Gasteiger partial charge in [-0.25, -0.2) is 4.39 Å². The fourth-order valence-corrected chi connectivity index (χ4v) is 5.42. The van der Waals surface area contributed by atoms with Gasteiger partial charge in [0, 0.05) is 44.7 Å². The van der Waals surface area contributed by atoms with Crippen molar-refractivity contribution < 1.29 is 19.0 Å². The van der Waals surface area contributed by atoms with Crippen LogP contribution in [0.5, 0.6) is 0 Å². The lowest BCUT2D eigenvalue weighted by molar-refractivity contribution is -0.137. The molecule has 1 heterocycles. The molecule has 3 rings (SSSR count). The molecule has 0 aromatic heterocycles. The van der Waals surface area contributed by atoms with E-state index < -0.39 is 5.60 Å². The molecule has 5 nitrogen and oxygen atoms in total. The zero-order valence-corrected chi connectivity index (χ0v) is 21.4. The van der Waals surface area contributed by atoms with Gasteiger partial charge in [0.25, 0.3) is 0 Å². The number of halogens is 1. The number of rotatable bonds is 12. The van der Waals surface area contributed by atoms with Crippen molar-refractivity contribution in [1.82, 2.24) is 10.2 Å². The number of benzene rings is 2. The van der Waals surface area contributed by atoms with Crippen LogP contribution >= 0.6 is 0 Å². The van der Waals surface area contributed by atoms with Gasteiger partial charge in [0.1, 0.15) is 5.82 Å². The van der Waals surface area contributed by atoms with Gasteiger partial charge in [-0.05, 0) is 68.8 Å². The molecular formula is C29H41FN2O3. The Labute approximate surface area is 209 Å². The summed E-state index contributed by atoms with van der Waals surface area (Å²) >= 11 is 0. The Morgan fingerprint density at radius 3 is 2.71 bits per heavy atom. The van der Waals surface area contributed by atoms with Crippen molar-refractivity contribution in [2.24, 2.45) is 11.8 Å². The molecule has 192 valence electrons. The van der Waals surface area contributed by atoms with Gasteiger partial charge in [-0.2, -0.15) is 0 Å². The summed E-state index contributed by atoms with van der Waals surface area (Å²) in [7, 11) is 3.57. The predicted octanol–water partition coefficient (Wildman–Crippen LogP) is 4.98. The third-order valence-corrected chi connectivity index (χ3v) is 7.22. The summed E-state index contributed by atoms with van der Waals surface area (Å²) in [6, 6.07) is 14.4. The fourth-order valence-electron chi connectivity index (χ4n) is 5.42. The zero-order chi connectivity index (χ0) is 25.3. The van der Waals surface area contributed by atoms with Crippen LogP contribution in [-0.2, 0) is 15.1 Å². The molecule has 0 unspecified atom stereocenters. The van der Waals surface area contributed by atoms with E-state index in [2.05, 4.69) is 12.2 Å². The molecule has 1 amide bonds. The number of nitrogens with zero attached hydrogens (tertiary/aromatic N) is 1. The molecular weight excluding hydrogens is 443 g/mol. The van der Waals surface area contributed by atoms with Crippen molar-refractivity contribution in [2.45, 2.75) is 51.0 Å². The summed E-state index contributed by atoms with van der Waals surface area (Å²) in [5, 5.41) is 15.5. The molecule has 1 saturated heterocycles. The van der Waals surface area contributed by atoms with Crippen molar-refractivity contribution in [3.63, 3.8) is 0 Å². The topological polar surface area (TPSA) is 61.8 Å². The molecule has 0 radical (unpaired) electrons. The minimum atomic E-state index is -1.25. The van der Waals surface area contributed by atoms with Crippen LogP contribution in [0.25, 0.3) is 11.1 Å². The first-order chi connectivity index (χ1) is 16.9. The van der Waals surface area contributed by atoms with E-state index in [1.807, 2.05) is 48.3 Å². The maximum Gasteiger partial charge on any atom is 0.222 e. The number of hydrogen-bond acceptors (Lipinski definition) is 4. The van der Waals surface area contributed by atoms with Crippen molar-refractivity contribution in [3.05, 3.63) is 59.9 Å². The number of hydrogen-bond donors (Lipinski definition) is 2. The first-order valence-electron chi connectivity index (χ1n) is 12.9. The summed E-state index contributed by atoms with van der Waals surface area (Å²) in [5.41, 5.74) is 0.564. The maximum atomic E-state index is 15.3. The normalized spacial score (nSPS) is 18.8. The number of ether oxygens (including phenoxy) is 1. The second-order valence-electron chi connectivity index (χ2n) is 9.95. The lowest BCUT2D eigenvalue weighted by Crippen LogP contribution is -2.48. The lowest BCUT2D eigenvalue weighted by Gasteiger charge is -2.44. The summed E-state index contributed by atoms with van der Waals surface area (Å²) in [6.07, 6.45) is 4.15. The largest absolute Gasteiger partial charge is 0.385 e. The molecule has 0 spiro atoms. The first kappa shape index (κ1) is 27.3. The molecule has 0 bridgehead atoms. The Morgan fingerprint density at radius 2 is 2.00 bits per heavy atom. The van der Waals surface area contributed by atoms with Crippen molar-refractivity contribution in [3.8, 4) is 11.1 Å². The highest BCUT2D eigenvalue weighted by molar-refractivity contribution is 5.76. The van der Waals surface area contributed by atoms with Crippen LogP contribution in [0.2, 0.25) is 0 Å². The molecule has 0 aliphatic carbocycles. The SMILES string of the molecule is CNC[C@H](C)CC(=O)N1CCC[C@@H]([C@@](O)(CCCCOC)c2cccc(F)c2-c2ccccc2)C1. The molecule has 1 fully saturated rings. The molecule has 6 heteroatoms. The van der Waals surface area contributed by atoms with Gasteiger partial charge in [-0.15, -0.1) is 0 Å². The average molecular weight is 485 g/mol. The summed E-state index contributed by atoms with van der Waals surface area (Å²) in [5.74, 6) is -0.143. The number of unbranched alkanes of at least 4 members (excludes halogenated alkanes) is 1. The molecule has 2 aromatic rings. The Balaban J connectivity index is 1.95. The van der Waals surface area contributed by atoms with Gasteiger partial charge in [0.15, 0.2) is 0 Å². The number of piperidine rings is 1. The molecule has 2 aromatic carbocycles. The maximum absolute atomic E-state index is 15.3. The molecule has 1 aliphatic rings. The third kappa shape index (κ3) is 6.90. The van der Waals surface area contributed by atoms with E-state index in [1.54, 1.807) is 13.2 Å². The smallest absolute Gasteiger partial charge is 0.222 e. The van der Waals surface area contributed by atoms with E-state index in [4.69, 9.17) is 4.74 Å². The molecule has 0 saturated carbocycles. The minimum absolute atomic E-state index is 0.127. The number of carbonyl (C=O) groups excluding carboxylic acids is 1. The van der Waals surface area contributed by atoms with Crippen LogP contribution in [0.1, 0.15) is 51.0 Å². The van der Waals surface area contributed by atoms with Gasteiger partial charge in [0.05, 0.1) is 5.60 Å². The van der Waals surface area contributed by atoms with Gasteiger partial charge in [0.2, 0.25) is 5.91 Å². The van der Waals surface area contributed by atoms with Crippen LogP contribution in [0.15, 0.2) is 48.5 Å². The van der Waals surface area contributed by atoms with Crippen LogP contribution in [0, 0.1) is 17.7 Å². The Hall–Kier alpha value is -2.28. The second kappa shape index (κ2) is 13.1. The van der Waals surface area contributed by atoms with Crippen LogP contribution in [-0.4, -0.2) is 56.3 Å². The molecule has 3 atom stereocenters. The minimum Gasteiger partial charge on any atom is -0.385 e. The predicted molar refractivity (Wildman–Crippen MR) is 138 cm³/mol. The van der Waals surface area contributed by atoms with Crippen LogP contribution in [0.4, 0.5) is 4.39 Å². The summed E-state index contributed by atoms with van der Waals surface area (Å²) in [4.78, 5) is 15.0. The molecule has 1 aliphatic heterocycles. The van der Waals surface area contributed by atoms with Gasteiger partial charge in [-0.1, -0.05) is 49.4 Å².